The zero-order valence-electron chi connectivity index (χ0n) is 20.3. The molecule has 0 atom stereocenters. The van der Waals surface area contributed by atoms with Crippen LogP contribution in [0.15, 0.2) is 72.4 Å². The minimum atomic E-state index is -0.331. The van der Waals surface area contributed by atoms with Crippen molar-refractivity contribution in [3.05, 3.63) is 100 Å². The fourth-order valence-corrected chi connectivity index (χ4v) is 4.14. The Morgan fingerprint density at radius 2 is 1.41 bits per heavy atom. The maximum Gasteiger partial charge on any atom is 0.278 e. The molecule has 0 radical (unpaired) electrons. The van der Waals surface area contributed by atoms with Crippen molar-refractivity contribution in [2.75, 3.05) is 5.32 Å². The van der Waals surface area contributed by atoms with E-state index < -0.39 is 0 Å². The fraction of sp³-hybridized carbons (Fsp3) is 0.241. The number of amides is 2. The third-order valence-electron chi connectivity index (χ3n) is 5.64. The maximum absolute atomic E-state index is 13.6. The second kappa shape index (κ2) is 9.56. The summed E-state index contributed by atoms with van der Waals surface area (Å²) in [7, 11) is 0. The molecule has 3 aromatic carbocycles. The molecule has 2 amide bonds. The number of nitrogens with one attached hydrogen (secondary N) is 1. The van der Waals surface area contributed by atoms with Crippen LogP contribution in [0.1, 0.15) is 41.7 Å². The van der Waals surface area contributed by atoms with E-state index in [-0.39, 0.29) is 24.5 Å². The monoisotopic (exact) mass is 454 g/mol. The molecule has 0 aromatic heterocycles. The number of rotatable bonds is 7. The van der Waals surface area contributed by atoms with Crippen LogP contribution >= 0.6 is 0 Å². The van der Waals surface area contributed by atoms with E-state index in [1.165, 1.54) is 4.90 Å². The number of hydrogen-bond donors (Lipinski definition) is 1. The number of carbonyl (C=O) groups excluding carboxylic acids is 2. The van der Waals surface area contributed by atoms with E-state index >= 15 is 0 Å². The Balaban J connectivity index is 1.72. The molecule has 0 aliphatic carbocycles. The summed E-state index contributed by atoms with van der Waals surface area (Å²) in [5, 5.41) is 3.26. The minimum absolute atomic E-state index is 0.0477. The number of aryl methyl sites for hydroxylation is 3. The van der Waals surface area contributed by atoms with Crippen LogP contribution in [-0.4, -0.2) is 22.8 Å². The quantitative estimate of drug-likeness (QED) is 0.459. The SMILES string of the molecule is Cc1ccc(CN2C(=O)C(Nc3cc(C)cc(C)c3)=C(c3ccc(OC(C)C)cc3)C2=O)cc1. The van der Waals surface area contributed by atoms with Crippen molar-refractivity contribution in [3.63, 3.8) is 0 Å². The summed E-state index contributed by atoms with van der Waals surface area (Å²) in [4.78, 5) is 28.4. The van der Waals surface area contributed by atoms with Gasteiger partial charge in [-0.3, -0.25) is 14.5 Å². The third kappa shape index (κ3) is 5.04. The first kappa shape index (κ1) is 23.3. The highest BCUT2D eigenvalue weighted by molar-refractivity contribution is 6.36. The Bertz CT molecular complexity index is 1240. The summed E-state index contributed by atoms with van der Waals surface area (Å²) in [5.41, 5.74) is 6.30. The van der Waals surface area contributed by atoms with E-state index in [9.17, 15) is 9.59 Å². The first-order valence-electron chi connectivity index (χ1n) is 11.5. The van der Waals surface area contributed by atoms with Gasteiger partial charge in [-0.2, -0.15) is 0 Å². The van der Waals surface area contributed by atoms with E-state index in [0.29, 0.717) is 16.8 Å². The van der Waals surface area contributed by atoms with Crippen LogP contribution in [0.5, 0.6) is 5.75 Å². The Kier molecular flexibility index (Phi) is 6.55. The van der Waals surface area contributed by atoms with Gasteiger partial charge in [0.25, 0.3) is 11.8 Å². The van der Waals surface area contributed by atoms with Crippen molar-refractivity contribution in [1.29, 1.82) is 0 Å². The molecule has 4 rings (SSSR count). The van der Waals surface area contributed by atoms with Crippen LogP contribution in [0.25, 0.3) is 5.57 Å². The van der Waals surface area contributed by atoms with Crippen LogP contribution in [0, 0.1) is 20.8 Å². The molecule has 3 aromatic rings. The zero-order valence-corrected chi connectivity index (χ0v) is 20.3. The van der Waals surface area contributed by atoms with Crippen LogP contribution in [0.2, 0.25) is 0 Å². The molecule has 5 nitrogen and oxygen atoms in total. The van der Waals surface area contributed by atoms with E-state index in [1.54, 1.807) is 0 Å². The van der Waals surface area contributed by atoms with Gasteiger partial charge in [0.1, 0.15) is 11.4 Å². The lowest BCUT2D eigenvalue weighted by Crippen LogP contribution is -2.32. The van der Waals surface area contributed by atoms with Gasteiger partial charge in [0.15, 0.2) is 0 Å². The number of carbonyl (C=O) groups is 2. The normalized spacial score (nSPS) is 13.8. The van der Waals surface area contributed by atoms with E-state index in [1.807, 2.05) is 95.3 Å². The van der Waals surface area contributed by atoms with Crippen molar-refractivity contribution in [2.45, 2.75) is 47.3 Å². The molecule has 1 N–H and O–H groups in total. The standard InChI is InChI=1S/C29H30N2O3/c1-18(2)34-25-12-10-23(11-13-25)26-27(30-24-15-20(4)14-21(5)16-24)29(33)31(28(26)32)17-22-8-6-19(3)7-9-22/h6-16,18,30H,17H2,1-5H3. The number of benzene rings is 3. The third-order valence-corrected chi connectivity index (χ3v) is 5.64. The van der Waals surface area contributed by atoms with E-state index in [0.717, 1.165) is 33.7 Å². The van der Waals surface area contributed by atoms with Crippen LogP contribution in [0.3, 0.4) is 0 Å². The molecule has 0 spiro atoms. The molecular formula is C29H30N2O3. The smallest absolute Gasteiger partial charge is 0.278 e. The summed E-state index contributed by atoms with van der Waals surface area (Å²) in [6.45, 7) is 10.2. The van der Waals surface area contributed by atoms with Gasteiger partial charge in [0.05, 0.1) is 18.2 Å². The van der Waals surface area contributed by atoms with Crippen molar-refractivity contribution in [1.82, 2.24) is 4.90 Å². The van der Waals surface area contributed by atoms with Crippen molar-refractivity contribution in [2.24, 2.45) is 0 Å². The lowest BCUT2D eigenvalue weighted by atomic mass is 10.0. The molecule has 5 heteroatoms. The van der Waals surface area contributed by atoms with Crippen LogP contribution < -0.4 is 10.1 Å². The lowest BCUT2D eigenvalue weighted by molar-refractivity contribution is -0.137. The lowest BCUT2D eigenvalue weighted by Gasteiger charge is -2.16. The summed E-state index contributed by atoms with van der Waals surface area (Å²) in [6.07, 6.45) is 0.0477. The molecular weight excluding hydrogens is 424 g/mol. The van der Waals surface area contributed by atoms with Gasteiger partial charge in [-0.25, -0.2) is 0 Å². The van der Waals surface area contributed by atoms with Gasteiger partial charge < -0.3 is 10.1 Å². The molecule has 0 bridgehead atoms. The van der Waals surface area contributed by atoms with Crippen molar-refractivity contribution >= 4 is 23.1 Å². The van der Waals surface area contributed by atoms with Crippen LogP contribution in [-0.2, 0) is 16.1 Å². The highest BCUT2D eigenvalue weighted by Crippen LogP contribution is 2.33. The highest BCUT2D eigenvalue weighted by Gasteiger charge is 2.39. The van der Waals surface area contributed by atoms with Gasteiger partial charge in [0, 0.05) is 5.69 Å². The van der Waals surface area contributed by atoms with Gasteiger partial charge in [0.2, 0.25) is 0 Å². The molecule has 1 aliphatic heterocycles. The first-order chi connectivity index (χ1) is 16.2. The summed E-state index contributed by atoms with van der Waals surface area (Å²) < 4.78 is 5.74. The Hall–Kier alpha value is -3.86. The molecule has 0 fully saturated rings. The summed E-state index contributed by atoms with van der Waals surface area (Å²) in [6, 6.07) is 21.2. The van der Waals surface area contributed by atoms with Crippen molar-refractivity contribution in [3.8, 4) is 5.75 Å². The minimum Gasteiger partial charge on any atom is -0.491 e. The number of nitrogens with zero attached hydrogens (tertiary/aromatic N) is 1. The van der Waals surface area contributed by atoms with Crippen molar-refractivity contribution < 1.29 is 14.3 Å². The summed E-state index contributed by atoms with van der Waals surface area (Å²) >= 11 is 0. The van der Waals surface area contributed by atoms with E-state index in [2.05, 4.69) is 11.4 Å². The number of hydrogen-bond acceptors (Lipinski definition) is 4. The van der Waals surface area contributed by atoms with Gasteiger partial charge >= 0.3 is 0 Å². The number of ether oxygens (including phenoxy) is 1. The molecule has 174 valence electrons. The van der Waals surface area contributed by atoms with Gasteiger partial charge in [-0.1, -0.05) is 48.0 Å². The van der Waals surface area contributed by atoms with E-state index in [4.69, 9.17) is 4.74 Å². The number of imide groups is 1. The highest BCUT2D eigenvalue weighted by atomic mass is 16.5. The predicted molar refractivity (Wildman–Crippen MR) is 135 cm³/mol. The average Bonchev–Trinajstić information content (AvgIpc) is 2.99. The second-order valence-corrected chi connectivity index (χ2v) is 9.12. The second-order valence-electron chi connectivity index (χ2n) is 9.12. The number of anilines is 1. The molecule has 0 saturated carbocycles. The average molecular weight is 455 g/mol. The Morgan fingerprint density at radius 1 is 0.794 bits per heavy atom. The fourth-order valence-electron chi connectivity index (χ4n) is 4.14. The maximum atomic E-state index is 13.6. The molecule has 1 aliphatic rings. The first-order valence-corrected chi connectivity index (χ1v) is 11.5. The molecule has 0 saturated heterocycles. The molecule has 34 heavy (non-hydrogen) atoms. The Labute approximate surface area is 201 Å². The predicted octanol–water partition coefficient (Wildman–Crippen LogP) is 5.79. The van der Waals surface area contributed by atoms with Gasteiger partial charge in [-0.15, -0.1) is 0 Å². The molecule has 1 heterocycles. The topological polar surface area (TPSA) is 58.6 Å². The van der Waals surface area contributed by atoms with Gasteiger partial charge in [-0.05, 0) is 81.1 Å². The largest absolute Gasteiger partial charge is 0.491 e. The van der Waals surface area contributed by atoms with Crippen LogP contribution in [0.4, 0.5) is 5.69 Å². The molecule has 0 unspecified atom stereocenters. The Morgan fingerprint density at radius 3 is 2.00 bits per heavy atom. The summed E-state index contributed by atoms with van der Waals surface area (Å²) in [5.74, 6) is 0.0775. The zero-order chi connectivity index (χ0) is 24.4.